The van der Waals surface area contributed by atoms with Crippen LogP contribution in [0.2, 0.25) is 0 Å². The molecule has 2 aromatic carbocycles. The summed E-state index contributed by atoms with van der Waals surface area (Å²) >= 11 is 0. The van der Waals surface area contributed by atoms with Crippen molar-refractivity contribution in [3.8, 4) is 0 Å². The molecule has 0 unspecified atom stereocenters. The van der Waals surface area contributed by atoms with E-state index in [1.807, 2.05) is 0 Å². The molecule has 0 aromatic heterocycles. The Morgan fingerprint density at radius 1 is 0.889 bits per heavy atom. The van der Waals surface area contributed by atoms with Gasteiger partial charge >= 0.3 is 0 Å². The van der Waals surface area contributed by atoms with Gasteiger partial charge in [-0.15, -0.1) is 0 Å². The van der Waals surface area contributed by atoms with E-state index in [4.69, 9.17) is 5.73 Å². The van der Waals surface area contributed by atoms with Gasteiger partial charge in [-0.05, 0) is 41.1 Å². The van der Waals surface area contributed by atoms with Gasteiger partial charge in [-0.3, -0.25) is 0 Å². The smallest absolute Gasteiger partial charge is 0.145 e. The van der Waals surface area contributed by atoms with E-state index in [1.54, 1.807) is 12.1 Å². The number of rotatable bonds is 3. The predicted octanol–water partition coefficient (Wildman–Crippen LogP) is 3.22. The molecule has 0 heterocycles. The molecule has 0 amide bonds. The summed E-state index contributed by atoms with van der Waals surface area (Å²) in [5.74, 6) is -0.669. The number of benzene rings is 2. The highest BCUT2D eigenvalue weighted by atomic mass is 33.1. The number of hydrogen-bond donors (Lipinski definition) is 2. The van der Waals surface area contributed by atoms with Gasteiger partial charge < -0.3 is 11.5 Å². The van der Waals surface area contributed by atoms with Crippen molar-refractivity contribution in [1.82, 2.24) is 0 Å². The molecule has 0 aliphatic rings. The van der Waals surface area contributed by atoms with Crippen LogP contribution in [0, 0.1) is 11.6 Å². The monoisotopic (exact) mass is 285 g/mol. The normalized spacial score (nSPS) is 10.6. The van der Waals surface area contributed by atoms with E-state index in [0.717, 1.165) is 9.79 Å². The first kappa shape index (κ1) is 13.2. The van der Waals surface area contributed by atoms with Crippen LogP contribution in [0.3, 0.4) is 0 Å². The second kappa shape index (κ2) is 5.60. The van der Waals surface area contributed by atoms with Crippen molar-refractivity contribution in [1.29, 1.82) is 0 Å². The van der Waals surface area contributed by atoms with Crippen molar-refractivity contribution >= 4 is 33.0 Å². The van der Waals surface area contributed by atoms with E-state index in [2.05, 4.69) is 5.73 Å². The average Bonchev–Trinajstić information content (AvgIpc) is 2.30. The first-order chi connectivity index (χ1) is 8.56. The molecule has 0 spiro atoms. The van der Waals surface area contributed by atoms with E-state index in [1.165, 1.54) is 45.9 Å². The second-order valence-electron chi connectivity index (χ2n) is 3.60. The molecule has 6 heteroatoms. The molecule has 2 nitrogen and oxygen atoms in total. The number of hydrogen-bond acceptors (Lipinski definition) is 3. The van der Waals surface area contributed by atoms with Gasteiger partial charge in [-0.25, -0.2) is 8.78 Å². The lowest BCUT2D eigenvalue weighted by Crippen LogP contribution is -2.40. The number of anilines is 1. The van der Waals surface area contributed by atoms with E-state index in [-0.39, 0.29) is 11.6 Å². The summed E-state index contributed by atoms with van der Waals surface area (Å²) in [6.45, 7) is 0. The van der Waals surface area contributed by atoms with Gasteiger partial charge in [0.05, 0.1) is 4.90 Å². The second-order valence-corrected chi connectivity index (χ2v) is 5.81. The lowest BCUT2D eigenvalue weighted by Gasteiger charge is -2.05. The number of quaternary nitrogens is 1. The van der Waals surface area contributed by atoms with Gasteiger partial charge in [-0.1, -0.05) is 10.8 Å². The Morgan fingerprint density at radius 2 is 1.44 bits per heavy atom. The molecule has 0 atom stereocenters. The van der Waals surface area contributed by atoms with Gasteiger partial charge in [0.1, 0.15) is 17.3 Å². The zero-order valence-corrected chi connectivity index (χ0v) is 11.0. The Balaban J connectivity index is 2.11. The molecule has 0 aliphatic heterocycles. The molecule has 0 fully saturated rings. The number of nitrogen functional groups attached to an aromatic ring is 1. The third-order valence-electron chi connectivity index (χ3n) is 2.22. The Labute approximate surface area is 111 Å². The molecule has 2 aromatic rings. The average molecular weight is 285 g/mol. The van der Waals surface area contributed by atoms with E-state index in [0.29, 0.717) is 11.4 Å². The highest BCUT2D eigenvalue weighted by molar-refractivity contribution is 8.76. The fourth-order valence-corrected chi connectivity index (χ4v) is 3.54. The summed E-state index contributed by atoms with van der Waals surface area (Å²) in [6.07, 6.45) is 0. The number of nitrogens with two attached hydrogens (primary N) is 1. The fourth-order valence-electron chi connectivity index (χ4n) is 1.31. The molecule has 0 radical (unpaired) electrons. The molecule has 0 saturated heterocycles. The maximum Gasteiger partial charge on any atom is 0.145 e. The van der Waals surface area contributed by atoms with Gasteiger partial charge in [0.2, 0.25) is 0 Å². The minimum Gasteiger partial charge on any atom is -0.398 e. The SMILES string of the molecule is Nc1cc(F)ccc1SSc1ccc(F)cc1[NH3+]. The lowest BCUT2D eigenvalue weighted by molar-refractivity contribution is -0.258. The Morgan fingerprint density at radius 3 is 2.06 bits per heavy atom. The van der Waals surface area contributed by atoms with Gasteiger partial charge in [0.25, 0.3) is 0 Å². The first-order valence-corrected chi connectivity index (χ1v) is 7.22. The maximum absolute atomic E-state index is 12.9. The predicted molar refractivity (Wildman–Crippen MR) is 71.5 cm³/mol. The summed E-state index contributed by atoms with van der Waals surface area (Å²) < 4.78 is 25.8. The largest absolute Gasteiger partial charge is 0.398 e. The summed E-state index contributed by atoms with van der Waals surface area (Å²) in [5, 5.41) is 0. The van der Waals surface area contributed by atoms with Crippen LogP contribution >= 0.6 is 21.6 Å². The van der Waals surface area contributed by atoms with E-state index < -0.39 is 0 Å². The molecular formula is C12H11F2N2S2+. The van der Waals surface area contributed by atoms with E-state index >= 15 is 0 Å². The Bertz CT molecular complexity index is 524. The van der Waals surface area contributed by atoms with Crippen LogP contribution in [0.15, 0.2) is 46.2 Å². The van der Waals surface area contributed by atoms with Crippen molar-refractivity contribution in [2.45, 2.75) is 9.79 Å². The molecule has 5 N–H and O–H groups in total. The van der Waals surface area contributed by atoms with Crippen molar-refractivity contribution in [2.75, 3.05) is 5.73 Å². The van der Waals surface area contributed by atoms with Crippen molar-refractivity contribution in [3.05, 3.63) is 48.0 Å². The van der Waals surface area contributed by atoms with Crippen LogP contribution in [0.4, 0.5) is 20.2 Å². The highest BCUT2D eigenvalue weighted by Gasteiger charge is 2.08. The van der Waals surface area contributed by atoms with E-state index in [9.17, 15) is 8.78 Å². The van der Waals surface area contributed by atoms with Crippen LogP contribution in [0.1, 0.15) is 0 Å². The quantitative estimate of drug-likeness (QED) is 0.672. The third-order valence-corrected chi connectivity index (χ3v) is 4.76. The van der Waals surface area contributed by atoms with Gasteiger partial charge in [0.15, 0.2) is 0 Å². The third kappa shape index (κ3) is 3.16. The molecular weight excluding hydrogens is 274 g/mol. The molecule has 0 saturated carbocycles. The van der Waals surface area contributed by atoms with Crippen LogP contribution in [0.25, 0.3) is 0 Å². The minimum atomic E-state index is -0.360. The maximum atomic E-state index is 12.9. The lowest BCUT2D eigenvalue weighted by atomic mass is 10.3. The van der Waals surface area contributed by atoms with Crippen LogP contribution in [-0.2, 0) is 0 Å². The summed E-state index contributed by atoms with van der Waals surface area (Å²) in [6, 6.07) is 8.67. The van der Waals surface area contributed by atoms with Crippen molar-refractivity contribution < 1.29 is 14.5 Å². The molecule has 0 aliphatic carbocycles. The first-order valence-electron chi connectivity index (χ1n) is 5.07. The Kier molecular flexibility index (Phi) is 4.11. The summed E-state index contributed by atoms with van der Waals surface area (Å²) in [5.41, 5.74) is 10.5. The zero-order chi connectivity index (χ0) is 13.1. The fraction of sp³-hybridized carbons (Fsp3) is 0. The topological polar surface area (TPSA) is 53.7 Å². The molecule has 0 bridgehead atoms. The Hall–Kier alpha value is -1.24. The summed E-state index contributed by atoms with van der Waals surface area (Å²) in [4.78, 5) is 1.62. The van der Waals surface area contributed by atoms with Crippen LogP contribution in [-0.4, -0.2) is 0 Å². The zero-order valence-electron chi connectivity index (χ0n) is 9.32. The van der Waals surface area contributed by atoms with Crippen LogP contribution in [0.5, 0.6) is 0 Å². The minimum absolute atomic E-state index is 0.310. The highest BCUT2D eigenvalue weighted by Crippen LogP contribution is 2.41. The molecule has 2 rings (SSSR count). The van der Waals surface area contributed by atoms with Crippen molar-refractivity contribution in [3.63, 3.8) is 0 Å². The van der Waals surface area contributed by atoms with Gasteiger partial charge in [0, 0.05) is 16.6 Å². The standard InChI is InChI=1S/C12H10F2N2S2/c13-7-1-3-11(9(15)5-7)17-18-12-4-2-8(14)6-10(12)16/h1-6H,15-16H2/p+1. The van der Waals surface area contributed by atoms with Crippen LogP contribution < -0.4 is 11.5 Å². The summed E-state index contributed by atoms with van der Waals surface area (Å²) in [7, 11) is 2.81. The molecule has 18 heavy (non-hydrogen) atoms. The van der Waals surface area contributed by atoms with Gasteiger partial charge in [-0.2, -0.15) is 0 Å². The number of halogens is 2. The van der Waals surface area contributed by atoms with Crippen molar-refractivity contribution in [2.24, 2.45) is 0 Å². The molecule has 94 valence electrons.